The van der Waals surface area contributed by atoms with E-state index in [9.17, 15) is 9.59 Å². The lowest BCUT2D eigenvalue weighted by atomic mass is 10.1. The van der Waals surface area contributed by atoms with Gasteiger partial charge in [-0.1, -0.05) is 17.8 Å². The molecule has 0 unspecified atom stereocenters. The smallest absolute Gasteiger partial charge is 0.234 e. The Morgan fingerprint density at radius 2 is 1.92 bits per heavy atom. The lowest BCUT2D eigenvalue weighted by molar-refractivity contribution is -0.113. The Bertz CT molecular complexity index is 900. The van der Waals surface area contributed by atoms with Crippen LogP contribution in [0.2, 0.25) is 0 Å². The lowest BCUT2D eigenvalue weighted by Gasteiger charge is -2.04. The van der Waals surface area contributed by atoms with Crippen molar-refractivity contribution in [3.63, 3.8) is 0 Å². The van der Waals surface area contributed by atoms with E-state index in [2.05, 4.69) is 15.3 Å². The summed E-state index contributed by atoms with van der Waals surface area (Å²) in [4.78, 5) is 30.9. The van der Waals surface area contributed by atoms with Crippen LogP contribution in [-0.4, -0.2) is 27.4 Å². The third-order valence-electron chi connectivity index (χ3n) is 3.53. The summed E-state index contributed by atoms with van der Waals surface area (Å²) in [7, 11) is 0. The standard InChI is InChI=1S/C18H17N3O2S/c1-11-3-8-15-16(9-11)21-18(20-15)24-10-17(23)19-14-6-4-13(5-7-14)12(2)22/h3-9H,10H2,1-2H3,(H,19,23)(H,20,21). The number of carbonyl (C=O) groups excluding carboxylic acids is 2. The molecule has 2 N–H and O–H groups in total. The SMILES string of the molecule is CC(=O)c1ccc(NC(=O)CSc2nc3cc(C)ccc3[nH]2)cc1. The summed E-state index contributed by atoms with van der Waals surface area (Å²) in [6.07, 6.45) is 0. The summed E-state index contributed by atoms with van der Waals surface area (Å²) >= 11 is 1.35. The van der Waals surface area contributed by atoms with Gasteiger partial charge < -0.3 is 10.3 Å². The second kappa shape index (κ2) is 6.88. The number of fused-ring (bicyclic) bond motifs is 1. The van der Waals surface area contributed by atoms with Crippen LogP contribution in [0.3, 0.4) is 0 Å². The number of benzene rings is 2. The average Bonchev–Trinajstić information content (AvgIpc) is 2.95. The Kier molecular flexibility index (Phi) is 4.66. The number of nitrogens with zero attached hydrogens (tertiary/aromatic N) is 1. The van der Waals surface area contributed by atoms with Gasteiger partial charge in [-0.3, -0.25) is 9.59 Å². The first-order valence-electron chi connectivity index (χ1n) is 7.51. The molecule has 5 nitrogen and oxygen atoms in total. The Morgan fingerprint density at radius 3 is 2.62 bits per heavy atom. The predicted molar refractivity (Wildman–Crippen MR) is 96.6 cm³/mol. The zero-order valence-electron chi connectivity index (χ0n) is 13.4. The summed E-state index contributed by atoms with van der Waals surface area (Å²) in [5, 5.41) is 3.53. The van der Waals surface area contributed by atoms with Gasteiger partial charge in [0.15, 0.2) is 10.9 Å². The highest BCUT2D eigenvalue weighted by Gasteiger charge is 2.08. The van der Waals surface area contributed by atoms with Crippen LogP contribution in [0.5, 0.6) is 0 Å². The number of nitrogens with one attached hydrogen (secondary N) is 2. The summed E-state index contributed by atoms with van der Waals surface area (Å²) in [6.45, 7) is 3.53. The molecule has 0 bridgehead atoms. The number of rotatable bonds is 5. The Balaban J connectivity index is 1.59. The molecule has 0 aliphatic carbocycles. The number of hydrogen-bond acceptors (Lipinski definition) is 4. The van der Waals surface area contributed by atoms with Crippen LogP contribution in [0.1, 0.15) is 22.8 Å². The molecule has 1 aromatic heterocycles. The van der Waals surface area contributed by atoms with Crippen molar-refractivity contribution in [2.45, 2.75) is 19.0 Å². The average molecular weight is 339 g/mol. The van der Waals surface area contributed by atoms with Crippen LogP contribution < -0.4 is 5.32 Å². The number of aryl methyl sites for hydroxylation is 1. The van der Waals surface area contributed by atoms with E-state index in [0.717, 1.165) is 21.8 Å². The molecule has 0 saturated heterocycles. The minimum atomic E-state index is -0.118. The van der Waals surface area contributed by atoms with Crippen molar-refractivity contribution in [3.05, 3.63) is 53.6 Å². The van der Waals surface area contributed by atoms with Crippen molar-refractivity contribution in [2.24, 2.45) is 0 Å². The Hall–Kier alpha value is -2.60. The molecule has 1 amide bonds. The maximum Gasteiger partial charge on any atom is 0.234 e. The largest absolute Gasteiger partial charge is 0.333 e. The van der Waals surface area contributed by atoms with E-state index < -0.39 is 0 Å². The molecule has 0 radical (unpaired) electrons. The summed E-state index contributed by atoms with van der Waals surface area (Å²) < 4.78 is 0. The van der Waals surface area contributed by atoms with Gasteiger partial charge >= 0.3 is 0 Å². The number of hydrogen-bond donors (Lipinski definition) is 2. The van der Waals surface area contributed by atoms with Crippen LogP contribution in [0.15, 0.2) is 47.6 Å². The highest BCUT2D eigenvalue weighted by atomic mass is 32.2. The van der Waals surface area contributed by atoms with E-state index in [1.54, 1.807) is 24.3 Å². The fraction of sp³-hybridized carbons (Fsp3) is 0.167. The van der Waals surface area contributed by atoms with Crippen molar-refractivity contribution in [3.8, 4) is 0 Å². The first-order valence-corrected chi connectivity index (χ1v) is 8.50. The van der Waals surface area contributed by atoms with Crippen molar-refractivity contribution < 1.29 is 9.59 Å². The second-order valence-electron chi connectivity index (χ2n) is 5.53. The molecule has 1 heterocycles. The van der Waals surface area contributed by atoms with E-state index in [0.29, 0.717) is 11.3 Å². The van der Waals surface area contributed by atoms with Crippen molar-refractivity contribution in [1.82, 2.24) is 9.97 Å². The van der Waals surface area contributed by atoms with Crippen LogP contribution in [0, 0.1) is 6.92 Å². The number of anilines is 1. The molecule has 2 aromatic carbocycles. The highest BCUT2D eigenvalue weighted by Crippen LogP contribution is 2.20. The molecule has 122 valence electrons. The molecule has 24 heavy (non-hydrogen) atoms. The van der Waals surface area contributed by atoms with Crippen LogP contribution in [-0.2, 0) is 4.79 Å². The quantitative estimate of drug-likeness (QED) is 0.547. The molecule has 0 saturated carbocycles. The fourth-order valence-corrected chi connectivity index (χ4v) is 2.97. The molecule has 3 rings (SSSR count). The van der Waals surface area contributed by atoms with Gasteiger partial charge in [0.05, 0.1) is 16.8 Å². The van der Waals surface area contributed by atoms with E-state index in [4.69, 9.17) is 0 Å². The third kappa shape index (κ3) is 3.83. The monoisotopic (exact) mass is 339 g/mol. The van der Waals surface area contributed by atoms with Crippen molar-refractivity contribution >= 4 is 40.2 Å². The lowest BCUT2D eigenvalue weighted by Crippen LogP contribution is -2.14. The fourth-order valence-electron chi connectivity index (χ4n) is 2.28. The molecular weight excluding hydrogens is 322 g/mol. The van der Waals surface area contributed by atoms with Gasteiger partial charge in [-0.15, -0.1) is 0 Å². The molecule has 0 spiro atoms. The van der Waals surface area contributed by atoms with Gasteiger partial charge in [0, 0.05) is 11.3 Å². The molecule has 0 atom stereocenters. The molecule has 0 fully saturated rings. The first-order chi connectivity index (χ1) is 11.5. The number of thioether (sulfide) groups is 1. The number of amides is 1. The number of imidazole rings is 1. The Morgan fingerprint density at radius 1 is 1.17 bits per heavy atom. The summed E-state index contributed by atoms with van der Waals surface area (Å²) in [5.74, 6) is 0.142. The number of ketones is 1. The van der Waals surface area contributed by atoms with Crippen molar-refractivity contribution in [2.75, 3.05) is 11.1 Å². The first kappa shape index (κ1) is 16.3. The number of H-pyrrole nitrogens is 1. The maximum absolute atomic E-state index is 12.0. The zero-order chi connectivity index (χ0) is 17.1. The highest BCUT2D eigenvalue weighted by molar-refractivity contribution is 7.99. The Labute approximate surface area is 143 Å². The third-order valence-corrected chi connectivity index (χ3v) is 4.41. The minimum absolute atomic E-state index is 0.00329. The molecule has 3 aromatic rings. The van der Waals surface area contributed by atoms with Gasteiger partial charge in [-0.05, 0) is 55.8 Å². The van der Waals surface area contributed by atoms with Gasteiger partial charge in [-0.25, -0.2) is 4.98 Å². The van der Waals surface area contributed by atoms with Crippen LogP contribution in [0.25, 0.3) is 11.0 Å². The number of Topliss-reactive ketones (excluding diaryl/α,β-unsaturated/α-hetero) is 1. The second-order valence-corrected chi connectivity index (χ2v) is 6.50. The van der Waals surface area contributed by atoms with Gasteiger partial charge in [-0.2, -0.15) is 0 Å². The van der Waals surface area contributed by atoms with E-state index >= 15 is 0 Å². The van der Waals surface area contributed by atoms with E-state index in [-0.39, 0.29) is 17.4 Å². The predicted octanol–water partition coefficient (Wildman–Crippen LogP) is 3.80. The van der Waals surface area contributed by atoms with Gasteiger partial charge in [0.25, 0.3) is 0 Å². The normalized spacial score (nSPS) is 10.8. The topological polar surface area (TPSA) is 74.8 Å². The van der Waals surface area contributed by atoms with Gasteiger partial charge in [0.1, 0.15) is 0 Å². The van der Waals surface area contributed by atoms with Crippen molar-refractivity contribution in [1.29, 1.82) is 0 Å². The van der Waals surface area contributed by atoms with Gasteiger partial charge in [0.2, 0.25) is 5.91 Å². The minimum Gasteiger partial charge on any atom is -0.333 e. The van der Waals surface area contributed by atoms with Crippen LogP contribution in [0.4, 0.5) is 5.69 Å². The number of carbonyl (C=O) groups is 2. The van der Waals surface area contributed by atoms with Crippen LogP contribution >= 0.6 is 11.8 Å². The van der Waals surface area contributed by atoms with E-state index in [1.165, 1.54) is 18.7 Å². The molecular formula is C18H17N3O2S. The molecule has 6 heteroatoms. The number of aromatic amines is 1. The van der Waals surface area contributed by atoms with E-state index in [1.807, 2.05) is 25.1 Å². The number of aromatic nitrogens is 2. The zero-order valence-corrected chi connectivity index (χ0v) is 14.2. The summed E-state index contributed by atoms with van der Waals surface area (Å²) in [5.41, 5.74) is 4.31. The molecule has 0 aliphatic heterocycles. The summed E-state index contributed by atoms with van der Waals surface area (Å²) in [6, 6.07) is 12.9. The maximum atomic E-state index is 12.0. The molecule has 0 aliphatic rings.